The third-order valence-electron chi connectivity index (χ3n) is 9.49. The van der Waals surface area contributed by atoms with Crippen LogP contribution in [0.5, 0.6) is 0 Å². The van der Waals surface area contributed by atoms with Crippen LogP contribution in [0.15, 0.2) is 77.6 Å². The SMILES string of the molecule is C[C@]12CC[C@@H]3c4ccc(-n5c(-c6ccccc6)nc6ccccc6c5=O)cc4CC[C@H]3[C@@H]1CCC2=O. The average molecular weight is 475 g/mol. The molecule has 4 aromatic rings. The van der Waals surface area contributed by atoms with Gasteiger partial charge in [-0.2, -0.15) is 0 Å². The van der Waals surface area contributed by atoms with Crippen molar-refractivity contribution < 1.29 is 4.79 Å². The Morgan fingerprint density at radius 2 is 1.69 bits per heavy atom. The molecule has 4 atom stereocenters. The van der Waals surface area contributed by atoms with Gasteiger partial charge < -0.3 is 0 Å². The Hall–Kier alpha value is -3.53. The molecule has 0 aliphatic heterocycles. The number of ketones is 1. The van der Waals surface area contributed by atoms with Crippen LogP contribution in [0.4, 0.5) is 0 Å². The second kappa shape index (κ2) is 7.99. The van der Waals surface area contributed by atoms with Gasteiger partial charge in [0.1, 0.15) is 11.6 Å². The molecular weight excluding hydrogens is 444 g/mol. The van der Waals surface area contributed by atoms with Crippen molar-refractivity contribution in [1.29, 1.82) is 0 Å². The van der Waals surface area contributed by atoms with Gasteiger partial charge in [0, 0.05) is 17.4 Å². The first-order valence-corrected chi connectivity index (χ1v) is 13.3. The summed E-state index contributed by atoms with van der Waals surface area (Å²) in [6.45, 7) is 2.23. The molecule has 180 valence electrons. The first-order chi connectivity index (χ1) is 17.5. The summed E-state index contributed by atoms with van der Waals surface area (Å²) in [5.74, 6) is 2.80. The first-order valence-electron chi connectivity index (χ1n) is 13.3. The van der Waals surface area contributed by atoms with Gasteiger partial charge in [-0.3, -0.25) is 14.2 Å². The topological polar surface area (TPSA) is 52.0 Å². The fourth-order valence-corrected chi connectivity index (χ4v) is 7.63. The van der Waals surface area contributed by atoms with E-state index >= 15 is 0 Å². The largest absolute Gasteiger partial charge is 0.299 e. The molecule has 0 spiro atoms. The molecule has 2 saturated carbocycles. The lowest BCUT2D eigenvalue weighted by Gasteiger charge is -2.48. The number of hydrogen-bond donors (Lipinski definition) is 0. The van der Waals surface area contributed by atoms with Crippen LogP contribution in [0.2, 0.25) is 0 Å². The summed E-state index contributed by atoms with van der Waals surface area (Å²) in [6, 6.07) is 24.2. The van der Waals surface area contributed by atoms with Gasteiger partial charge >= 0.3 is 0 Å². The summed E-state index contributed by atoms with van der Waals surface area (Å²) in [7, 11) is 0. The normalized spacial score (nSPS) is 26.9. The van der Waals surface area contributed by atoms with Crippen LogP contribution in [0.25, 0.3) is 28.0 Å². The number of fused-ring (bicyclic) bond motifs is 6. The zero-order chi connectivity index (χ0) is 24.4. The second-order valence-corrected chi connectivity index (χ2v) is 11.2. The van der Waals surface area contributed by atoms with Crippen LogP contribution in [0.1, 0.15) is 56.1 Å². The van der Waals surface area contributed by atoms with Crippen LogP contribution in [0, 0.1) is 17.3 Å². The Bertz CT molecular complexity index is 1570. The van der Waals surface area contributed by atoms with E-state index in [4.69, 9.17) is 4.98 Å². The zero-order valence-electron chi connectivity index (χ0n) is 20.6. The van der Waals surface area contributed by atoms with Crippen LogP contribution >= 0.6 is 0 Å². The van der Waals surface area contributed by atoms with Crippen molar-refractivity contribution in [3.63, 3.8) is 0 Å². The van der Waals surface area contributed by atoms with E-state index in [1.807, 2.05) is 54.6 Å². The van der Waals surface area contributed by atoms with Gasteiger partial charge in [-0.05, 0) is 85.3 Å². The fourth-order valence-electron chi connectivity index (χ4n) is 7.63. The van der Waals surface area contributed by atoms with E-state index in [1.54, 1.807) is 4.57 Å². The molecule has 4 heteroatoms. The maximum Gasteiger partial charge on any atom is 0.266 e. The van der Waals surface area contributed by atoms with Gasteiger partial charge in [-0.15, -0.1) is 0 Å². The van der Waals surface area contributed by atoms with E-state index in [2.05, 4.69) is 25.1 Å². The predicted octanol–water partition coefficient (Wildman–Crippen LogP) is 6.48. The minimum Gasteiger partial charge on any atom is -0.299 e. The standard InChI is InChI=1S/C32H30N2O2/c1-32-18-17-24-23-14-12-22(19-21(23)11-13-25(24)27(32)15-16-29(32)35)34-30(20-7-3-2-4-8-20)33-28-10-6-5-9-26(28)31(34)36/h2-10,12,14,19,24-25,27H,11,13,15-18H2,1H3/t24-,25-,27+,32+/m1/s1. The molecule has 2 fully saturated rings. The van der Waals surface area contributed by atoms with E-state index in [0.717, 1.165) is 55.3 Å². The Morgan fingerprint density at radius 1 is 0.889 bits per heavy atom. The monoisotopic (exact) mass is 474 g/mol. The third kappa shape index (κ3) is 3.09. The van der Waals surface area contributed by atoms with Crippen molar-refractivity contribution >= 4 is 16.7 Å². The fraction of sp³-hybridized carbons (Fsp3) is 0.344. The predicted molar refractivity (Wildman–Crippen MR) is 142 cm³/mol. The molecule has 0 amide bonds. The Morgan fingerprint density at radius 3 is 2.56 bits per heavy atom. The van der Waals surface area contributed by atoms with Crippen LogP contribution < -0.4 is 5.56 Å². The Kier molecular flexibility index (Phi) is 4.82. The lowest BCUT2D eigenvalue weighted by Crippen LogP contribution is -2.42. The van der Waals surface area contributed by atoms with E-state index in [9.17, 15) is 9.59 Å². The van der Waals surface area contributed by atoms with Gasteiger partial charge in [0.25, 0.3) is 5.56 Å². The maximum atomic E-state index is 13.8. The summed E-state index contributed by atoms with van der Waals surface area (Å²) in [5.41, 5.74) is 5.16. The first kappa shape index (κ1) is 21.7. The number of aryl methyl sites for hydroxylation is 1. The number of rotatable bonds is 2. The molecule has 3 aliphatic carbocycles. The summed E-state index contributed by atoms with van der Waals surface area (Å²) in [6.07, 6.45) is 6.04. The lowest BCUT2D eigenvalue weighted by atomic mass is 9.55. The van der Waals surface area contributed by atoms with Crippen molar-refractivity contribution in [3.05, 3.63) is 94.3 Å². The summed E-state index contributed by atoms with van der Waals surface area (Å²) < 4.78 is 1.79. The van der Waals surface area contributed by atoms with Gasteiger partial charge in [-0.25, -0.2) is 4.98 Å². The molecule has 1 heterocycles. The molecule has 0 bridgehead atoms. The van der Waals surface area contributed by atoms with Crippen LogP contribution in [-0.4, -0.2) is 15.3 Å². The Balaban J connectivity index is 1.35. The van der Waals surface area contributed by atoms with Gasteiger partial charge in [0.2, 0.25) is 0 Å². The number of nitrogens with zero attached hydrogens (tertiary/aromatic N) is 2. The van der Waals surface area contributed by atoms with E-state index in [-0.39, 0.29) is 11.0 Å². The summed E-state index contributed by atoms with van der Waals surface area (Å²) in [4.78, 5) is 31.4. The molecule has 7 rings (SSSR count). The number of benzene rings is 3. The Labute approximate surface area is 211 Å². The maximum absolute atomic E-state index is 13.8. The van der Waals surface area contributed by atoms with E-state index < -0.39 is 0 Å². The molecule has 0 saturated heterocycles. The number of para-hydroxylation sites is 1. The number of Topliss-reactive ketones (excluding diaryl/α,β-unsaturated/α-hetero) is 1. The highest BCUT2D eigenvalue weighted by Crippen LogP contribution is 2.59. The van der Waals surface area contributed by atoms with Gasteiger partial charge in [0.15, 0.2) is 0 Å². The lowest BCUT2D eigenvalue weighted by molar-refractivity contribution is -0.129. The average Bonchev–Trinajstić information content (AvgIpc) is 3.23. The third-order valence-corrected chi connectivity index (χ3v) is 9.49. The van der Waals surface area contributed by atoms with Crippen molar-refractivity contribution in [2.24, 2.45) is 17.3 Å². The minimum atomic E-state index is -0.104. The zero-order valence-corrected chi connectivity index (χ0v) is 20.6. The highest BCUT2D eigenvalue weighted by atomic mass is 16.1. The molecule has 36 heavy (non-hydrogen) atoms. The molecule has 0 radical (unpaired) electrons. The summed E-state index contributed by atoms with van der Waals surface area (Å²) in [5, 5.41) is 0.632. The molecule has 4 nitrogen and oxygen atoms in total. The van der Waals surface area contributed by atoms with E-state index in [0.29, 0.717) is 34.7 Å². The molecule has 3 aliphatic rings. The van der Waals surface area contributed by atoms with Crippen molar-refractivity contribution in [1.82, 2.24) is 9.55 Å². The molecule has 1 aromatic heterocycles. The quantitative estimate of drug-likeness (QED) is 0.334. The summed E-state index contributed by atoms with van der Waals surface area (Å²) >= 11 is 0. The van der Waals surface area contributed by atoms with Gasteiger partial charge in [-0.1, -0.05) is 55.5 Å². The van der Waals surface area contributed by atoms with Gasteiger partial charge in [0.05, 0.1) is 16.6 Å². The van der Waals surface area contributed by atoms with Crippen molar-refractivity contribution in [2.75, 3.05) is 0 Å². The smallest absolute Gasteiger partial charge is 0.266 e. The second-order valence-electron chi connectivity index (χ2n) is 11.2. The highest BCUT2D eigenvalue weighted by molar-refractivity contribution is 5.87. The number of carbonyl (C=O) groups is 1. The molecular formula is C32H30N2O2. The van der Waals surface area contributed by atoms with Crippen molar-refractivity contribution in [2.45, 2.75) is 51.4 Å². The van der Waals surface area contributed by atoms with Crippen LogP contribution in [0.3, 0.4) is 0 Å². The highest BCUT2D eigenvalue weighted by Gasteiger charge is 2.54. The molecule has 0 unspecified atom stereocenters. The molecule has 3 aromatic carbocycles. The minimum absolute atomic E-state index is 0.0361. The van der Waals surface area contributed by atoms with Crippen molar-refractivity contribution in [3.8, 4) is 17.1 Å². The number of aromatic nitrogens is 2. The van der Waals surface area contributed by atoms with Crippen LogP contribution in [-0.2, 0) is 11.2 Å². The van der Waals surface area contributed by atoms with E-state index in [1.165, 1.54) is 11.1 Å². The number of hydrogen-bond acceptors (Lipinski definition) is 3. The number of carbonyl (C=O) groups excluding carboxylic acids is 1. The molecule has 0 N–H and O–H groups in total.